The van der Waals surface area contributed by atoms with Gasteiger partial charge in [-0.25, -0.2) is 0 Å². The van der Waals surface area contributed by atoms with Gasteiger partial charge in [0.1, 0.15) is 73.2 Å². The average molecular weight is 1020 g/mol. The minimum absolute atomic E-state index is 0.0194. The van der Waals surface area contributed by atoms with Gasteiger partial charge in [0.25, 0.3) is 0 Å². The second-order valence-electron chi connectivity index (χ2n) is 17.9. The lowest BCUT2D eigenvalue weighted by molar-refractivity contribution is -0.382. The highest BCUT2D eigenvalue weighted by molar-refractivity contribution is 7.99. The third-order valence-electron chi connectivity index (χ3n) is 12.7. The molecular formula is C53H70N2O16S. The van der Waals surface area contributed by atoms with Crippen LogP contribution in [0.3, 0.4) is 0 Å². The largest absolute Gasteiger partial charge is 0.394 e. The van der Waals surface area contributed by atoms with Gasteiger partial charge in [0, 0.05) is 25.8 Å². The van der Waals surface area contributed by atoms with Crippen LogP contribution in [0.5, 0.6) is 0 Å². The SMILES string of the molecule is CC(=O)N(CCCSCCN)[C@@H]1O[C@H](CO)[C@@H](O[C@@H]2O[C@H](CO)[C@H](O)[C@H](O[C@H]3O[C@H](COCc4ccccc4)[C@H](OCc4ccccc4)[C@H](OCc4ccccc4)[C@H]3OCc3ccccc3)[C@H]2O)[C@H](O)[C@H]1O. The van der Waals surface area contributed by atoms with E-state index in [1.807, 2.05) is 121 Å². The van der Waals surface area contributed by atoms with Crippen LogP contribution in [0.4, 0.5) is 0 Å². The molecule has 7 rings (SSSR count). The Morgan fingerprint density at radius 2 is 1.06 bits per heavy atom. The van der Waals surface area contributed by atoms with Crippen LogP contribution in [0, 0.1) is 0 Å². The fraction of sp³-hybridized carbons (Fsp3) is 0.528. The summed E-state index contributed by atoms with van der Waals surface area (Å²) in [6.07, 6.45) is -20.8. The Labute approximate surface area is 424 Å². The van der Waals surface area contributed by atoms with E-state index in [9.17, 15) is 35.4 Å². The molecule has 0 unspecified atom stereocenters. The first kappa shape index (κ1) is 55.8. The van der Waals surface area contributed by atoms with Gasteiger partial charge in [0.15, 0.2) is 18.8 Å². The standard InChI is InChI=1S/C53H70N2O16S/c1-34(58)55(24-14-25-72-26-23-54)51-44(61)43(60)46(40(28-57)67-51)70-52-45(62)48(42(59)39(27-56)68-52)71-53-50(66-32-38-21-12-5-13-22-38)49(65-31-37-19-10-4-11-20-37)47(64-30-36-17-8-3-9-18-36)41(69-53)33-63-29-35-15-6-2-7-16-35/h2-13,15-22,39-53,56-57,59-62H,14,23-33,54H2,1H3/t39-,40-,41-,42+,43-,44-,45-,46-,47+,48+,49+,50-,51-,52+,53-/m1/s1. The van der Waals surface area contributed by atoms with E-state index in [4.69, 9.17) is 48.4 Å². The lowest BCUT2D eigenvalue weighted by Crippen LogP contribution is -2.68. The number of carbonyl (C=O) groups is 1. The second kappa shape index (κ2) is 28.7. The van der Waals surface area contributed by atoms with Crippen LogP contribution < -0.4 is 5.73 Å². The fourth-order valence-electron chi connectivity index (χ4n) is 8.97. The Bertz CT molecular complexity index is 2140. The number of nitrogens with two attached hydrogens (primary N) is 1. The van der Waals surface area contributed by atoms with Crippen LogP contribution in [0.25, 0.3) is 0 Å². The Morgan fingerprint density at radius 3 is 1.58 bits per heavy atom. The molecule has 15 atom stereocenters. The number of nitrogens with zero attached hydrogens (tertiary/aromatic N) is 1. The van der Waals surface area contributed by atoms with Gasteiger partial charge < -0.3 is 83.9 Å². The maximum absolute atomic E-state index is 12.8. The lowest BCUT2D eigenvalue weighted by Gasteiger charge is -2.50. The molecule has 0 spiro atoms. The van der Waals surface area contributed by atoms with E-state index in [1.54, 1.807) is 11.8 Å². The molecule has 3 fully saturated rings. The number of benzene rings is 4. The third-order valence-corrected chi connectivity index (χ3v) is 13.8. The summed E-state index contributed by atoms with van der Waals surface area (Å²) in [4.78, 5) is 14.1. The monoisotopic (exact) mass is 1020 g/mol. The number of hydrogen-bond donors (Lipinski definition) is 7. The van der Waals surface area contributed by atoms with Gasteiger partial charge in [-0.05, 0) is 34.4 Å². The van der Waals surface area contributed by atoms with E-state index in [2.05, 4.69) is 0 Å². The molecule has 3 aliphatic rings. The molecular weight excluding hydrogens is 953 g/mol. The van der Waals surface area contributed by atoms with Crippen LogP contribution >= 0.6 is 11.8 Å². The Morgan fingerprint density at radius 1 is 0.556 bits per heavy atom. The molecule has 0 aromatic heterocycles. The van der Waals surface area contributed by atoms with Crippen LogP contribution in [-0.4, -0.2) is 178 Å². The molecule has 19 heteroatoms. The van der Waals surface area contributed by atoms with Gasteiger partial charge in [0.2, 0.25) is 5.91 Å². The summed E-state index contributed by atoms with van der Waals surface area (Å²) in [5, 5.41) is 68.2. The predicted octanol–water partition coefficient (Wildman–Crippen LogP) is 2.26. The molecule has 4 aromatic rings. The van der Waals surface area contributed by atoms with E-state index < -0.39 is 111 Å². The highest BCUT2D eigenvalue weighted by Gasteiger charge is 2.55. The molecule has 3 saturated heterocycles. The second-order valence-corrected chi connectivity index (χ2v) is 19.2. The van der Waals surface area contributed by atoms with E-state index in [0.29, 0.717) is 18.7 Å². The van der Waals surface area contributed by atoms with Crippen LogP contribution in [-0.2, 0) is 73.9 Å². The van der Waals surface area contributed by atoms with Crippen molar-refractivity contribution in [3.63, 3.8) is 0 Å². The minimum Gasteiger partial charge on any atom is -0.394 e. The van der Waals surface area contributed by atoms with Crippen molar-refractivity contribution in [1.29, 1.82) is 0 Å². The maximum Gasteiger partial charge on any atom is 0.221 e. The number of hydrogen-bond acceptors (Lipinski definition) is 18. The van der Waals surface area contributed by atoms with Gasteiger partial charge in [-0.3, -0.25) is 4.79 Å². The molecule has 0 saturated carbocycles. The number of ether oxygens (including phenoxy) is 9. The molecule has 8 N–H and O–H groups in total. The zero-order chi connectivity index (χ0) is 50.8. The number of rotatable bonds is 26. The zero-order valence-corrected chi connectivity index (χ0v) is 41.2. The topological polar surface area (TPSA) is 251 Å². The van der Waals surface area contributed by atoms with Gasteiger partial charge in [0.05, 0.1) is 46.2 Å². The third kappa shape index (κ3) is 15.1. The van der Waals surface area contributed by atoms with Crippen LogP contribution in [0.15, 0.2) is 121 Å². The highest BCUT2D eigenvalue weighted by atomic mass is 32.2. The van der Waals surface area contributed by atoms with Crippen molar-refractivity contribution in [2.45, 2.75) is 132 Å². The number of thioether (sulfide) groups is 1. The van der Waals surface area contributed by atoms with Crippen molar-refractivity contribution in [3.8, 4) is 0 Å². The normalized spacial score (nSPS) is 30.8. The Balaban J connectivity index is 1.18. The Kier molecular flexibility index (Phi) is 22.2. The van der Waals surface area contributed by atoms with E-state index >= 15 is 0 Å². The number of amides is 1. The quantitative estimate of drug-likeness (QED) is 0.0446. The molecule has 72 heavy (non-hydrogen) atoms. The summed E-state index contributed by atoms with van der Waals surface area (Å²) in [6, 6.07) is 38.2. The van der Waals surface area contributed by atoms with Crippen molar-refractivity contribution in [2.75, 3.05) is 44.4 Å². The molecule has 394 valence electrons. The van der Waals surface area contributed by atoms with Crippen molar-refractivity contribution < 1.29 is 78.1 Å². The lowest BCUT2D eigenvalue weighted by atomic mass is 9.95. The first-order valence-corrected chi connectivity index (χ1v) is 25.6. The molecule has 1 amide bonds. The number of carbonyl (C=O) groups excluding carboxylic acids is 1. The van der Waals surface area contributed by atoms with Gasteiger partial charge in [-0.2, -0.15) is 11.8 Å². The fourth-order valence-corrected chi connectivity index (χ4v) is 9.68. The summed E-state index contributed by atoms with van der Waals surface area (Å²) in [5.41, 5.74) is 9.10. The summed E-state index contributed by atoms with van der Waals surface area (Å²) >= 11 is 1.61. The number of aliphatic hydroxyl groups excluding tert-OH is 6. The van der Waals surface area contributed by atoms with E-state index in [1.165, 1.54) is 11.8 Å². The molecule has 18 nitrogen and oxygen atoms in total. The number of aliphatic hydroxyl groups is 6. The first-order chi connectivity index (χ1) is 35.1. The molecule has 0 aliphatic carbocycles. The average Bonchev–Trinajstić information content (AvgIpc) is 3.40. The highest BCUT2D eigenvalue weighted by Crippen LogP contribution is 2.36. The summed E-state index contributed by atoms with van der Waals surface area (Å²) in [6.45, 7) is 1.06. The zero-order valence-electron chi connectivity index (χ0n) is 40.4. The van der Waals surface area contributed by atoms with Crippen molar-refractivity contribution in [1.82, 2.24) is 4.90 Å². The van der Waals surface area contributed by atoms with Crippen LogP contribution in [0.1, 0.15) is 35.6 Å². The van der Waals surface area contributed by atoms with Gasteiger partial charge in [-0.1, -0.05) is 121 Å². The molecule has 0 bridgehead atoms. The summed E-state index contributed by atoms with van der Waals surface area (Å²) < 4.78 is 58.3. The smallest absolute Gasteiger partial charge is 0.221 e. The van der Waals surface area contributed by atoms with Crippen LogP contribution in [0.2, 0.25) is 0 Å². The molecule has 3 heterocycles. The van der Waals surface area contributed by atoms with Gasteiger partial charge >= 0.3 is 0 Å². The van der Waals surface area contributed by atoms with Gasteiger partial charge in [-0.15, -0.1) is 0 Å². The van der Waals surface area contributed by atoms with Crippen molar-refractivity contribution >= 4 is 17.7 Å². The maximum atomic E-state index is 12.8. The molecule has 0 radical (unpaired) electrons. The van der Waals surface area contributed by atoms with Crippen molar-refractivity contribution in [3.05, 3.63) is 144 Å². The first-order valence-electron chi connectivity index (χ1n) is 24.4. The van der Waals surface area contributed by atoms with E-state index in [0.717, 1.165) is 28.0 Å². The summed E-state index contributed by atoms with van der Waals surface area (Å²) in [5.74, 6) is 0.981. The van der Waals surface area contributed by atoms with E-state index in [-0.39, 0.29) is 39.6 Å². The van der Waals surface area contributed by atoms with Crippen molar-refractivity contribution in [2.24, 2.45) is 5.73 Å². The predicted molar refractivity (Wildman–Crippen MR) is 263 cm³/mol. The molecule has 4 aromatic carbocycles. The Hall–Kier alpha value is -3.94. The minimum atomic E-state index is -1.87. The summed E-state index contributed by atoms with van der Waals surface area (Å²) in [7, 11) is 0. The molecule has 3 aliphatic heterocycles.